The molecular formula is C21H30ClNO2. The zero-order chi connectivity index (χ0) is 18.1. The lowest BCUT2D eigenvalue weighted by atomic mass is 9.80. The lowest BCUT2D eigenvalue weighted by molar-refractivity contribution is -0.131. The van der Waals surface area contributed by atoms with Crippen LogP contribution in [0.1, 0.15) is 63.4 Å². The van der Waals surface area contributed by atoms with Crippen LogP contribution in [-0.4, -0.2) is 17.1 Å². The highest BCUT2D eigenvalue weighted by Crippen LogP contribution is 2.32. The van der Waals surface area contributed by atoms with E-state index in [1.807, 2.05) is 24.3 Å². The molecule has 2 aliphatic carbocycles. The van der Waals surface area contributed by atoms with Crippen LogP contribution in [0.3, 0.4) is 0 Å². The van der Waals surface area contributed by atoms with Crippen molar-refractivity contribution in [1.29, 1.82) is 0 Å². The fourth-order valence-electron chi connectivity index (χ4n) is 3.73. The van der Waals surface area contributed by atoms with Crippen LogP contribution in [0, 0.1) is 5.92 Å². The summed E-state index contributed by atoms with van der Waals surface area (Å²) in [6.07, 6.45) is 13.3. The first-order chi connectivity index (χ1) is 12.0. The van der Waals surface area contributed by atoms with Gasteiger partial charge in [-0.05, 0) is 62.1 Å². The number of aliphatic carboxylic acids is 1. The Kier molecular flexibility index (Phi) is 8.50. The largest absolute Gasteiger partial charge is 0.478 e. The van der Waals surface area contributed by atoms with Crippen LogP contribution < -0.4 is 5.73 Å². The molecule has 3 nitrogen and oxygen atoms in total. The van der Waals surface area contributed by atoms with Crippen LogP contribution in [0.15, 0.2) is 35.9 Å². The number of carboxylic acids is 1. The molecule has 0 saturated heterocycles. The van der Waals surface area contributed by atoms with Gasteiger partial charge in [-0.15, -0.1) is 0 Å². The number of carboxylic acid groups (broad SMARTS) is 1. The van der Waals surface area contributed by atoms with E-state index in [1.54, 1.807) is 0 Å². The fourth-order valence-corrected chi connectivity index (χ4v) is 3.86. The summed E-state index contributed by atoms with van der Waals surface area (Å²) in [4.78, 5) is 10.8. The average molecular weight is 364 g/mol. The number of allylic oxidation sites excluding steroid dienone is 1. The molecule has 0 amide bonds. The molecule has 1 unspecified atom stereocenters. The molecule has 0 bridgehead atoms. The van der Waals surface area contributed by atoms with Crippen molar-refractivity contribution in [3.63, 3.8) is 0 Å². The van der Waals surface area contributed by atoms with Gasteiger partial charge in [-0.25, -0.2) is 4.79 Å². The van der Waals surface area contributed by atoms with Crippen molar-refractivity contribution in [2.24, 2.45) is 11.7 Å². The summed E-state index contributed by atoms with van der Waals surface area (Å²) >= 11 is 5.86. The highest BCUT2D eigenvalue weighted by molar-refractivity contribution is 6.30. The van der Waals surface area contributed by atoms with Crippen molar-refractivity contribution in [3.8, 4) is 0 Å². The third kappa shape index (κ3) is 7.62. The minimum atomic E-state index is -0.826. The van der Waals surface area contributed by atoms with E-state index in [0.717, 1.165) is 36.3 Å². The van der Waals surface area contributed by atoms with Gasteiger partial charge in [0.1, 0.15) is 0 Å². The number of hydrogen-bond acceptors (Lipinski definition) is 2. The molecule has 0 aliphatic heterocycles. The Morgan fingerprint density at radius 1 is 1.08 bits per heavy atom. The molecule has 3 N–H and O–H groups in total. The van der Waals surface area contributed by atoms with Crippen molar-refractivity contribution >= 4 is 17.6 Å². The van der Waals surface area contributed by atoms with Gasteiger partial charge in [-0.1, -0.05) is 55.0 Å². The quantitative estimate of drug-likeness (QED) is 0.710. The monoisotopic (exact) mass is 363 g/mol. The second-order valence-electron chi connectivity index (χ2n) is 7.23. The van der Waals surface area contributed by atoms with E-state index in [1.165, 1.54) is 50.2 Å². The Balaban J connectivity index is 0.000000269. The maximum absolute atomic E-state index is 10.8. The van der Waals surface area contributed by atoms with Crippen molar-refractivity contribution in [2.75, 3.05) is 0 Å². The van der Waals surface area contributed by atoms with Crippen molar-refractivity contribution < 1.29 is 9.90 Å². The maximum atomic E-state index is 10.8. The Bertz CT molecular complexity index is 562. The van der Waals surface area contributed by atoms with Gasteiger partial charge in [0.25, 0.3) is 0 Å². The van der Waals surface area contributed by atoms with Crippen molar-refractivity contribution in [1.82, 2.24) is 0 Å². The Morgan fingerprint density at radius 3 is 2.28 bits per heavy atom. The molecule has 1 aromatic carbocycles. The Labute approximate surface area is 156 Å². The SMILES string of the molecule is NC1CCCCC1.O=C(O)/C=C1\CCCCC1Cc1ccc(Cl)cc1. The van der Waals surface area contributed by atoms with Crippen LogP contribution >= 0.6 is 11.6 Å². The van der Waals surface area contributed by atoms with E-state index >= 15 is 0 Å². The lowest BCUT2D eigenvalue weighted by Crippen LogP contribution is -2.22. The minimum absolute atomic E-state index is 0.371. The molecule has 1 atom stereocenters. The summed E-state index contributed by atoms with van der Waals surface area (Å²) in [6.45, 7) is 0. The molecular weight excluding hydrogens is 334 g/mol. The van der Waals surface area contributed by atoms with Crippen LogP contribution in [0.2, 0.25) is 5.02 Å². The fraction of sp³-hybridized carbons (Fsp3) is 0.571. The predicted octanol–water partition coefficient (Wildman–Crippen LogP) is 5.36. The van der Waals surface area contributed by atoms with Crippen LogP contribution in [-0.2, 0) is 11.2 Å². The van der Waals surface area contributed by atoms with Gasteiger partial charge in [0, 0.05) is 17.1 Å². The number of hydrogen-bond donors (Lipinski definition) is 2. The molecule has 0 heterocycles. The van der Waals surface area contributed by atoms with E-state index < -0.39 is 5.97 Å². The highest BCUT2D eigenvalue weighted by Gasteiger charge is 2.20. The van der Waals surface area contributed by atoms with Crippen molar-refractivity contribution in [3.05, 3.63) is 46.5 Å². The summed E-state index contributed by atoms with van der Waals surface area (Å²) in [6, 6.07) is 8.36. The first-order valence-corrected chi connectivity index (χ1v) is 9.86. The molecule has 138 valence electrons. The summed E-state index contributed by atoms with van der Waals surface area (Å²) in [7, 11) is 0. The molecule has 25 heavy (non-hydrogen) atoms. The van der Waals surface area contributed by atoms with E-state index in [0.29, 0.717) is 12.0 Å². The van der Waals surface area contributed by atoms with Gasteiger partial charge >= 0.3 is 5.97 Å². The summed E-state index contributed by atoms with van der Waals surface area (Å²) < 4.78 is 0. The van der Waals surface area contributed by atoms with Crippen molar-refractivity contribution in [2.45, 2.75) is 70.3 Å². The van der Waals surface area contributed by atoms with Gasteiger partial charge in [-0.3, -0.25) is 0 Å². The minimum Gasteiger partial charge on any atom is -0.478 e. The van der Waals surface area contributed by atoms with Crippen LogP contribution in [0.25, 0.3) is 0 Å². The zero-order valence-electron chi connectivity index (χ0n) is 14.9. The van der Waals surface area contributed by atoms with Gasteiger partial charge in [0.15, 0.2) is 0 Å². The molecule has 4 heteroatoms. The van der Waals surface area contributed by atoms with E-state index in [9.17, 15) is 4.79 Å². The molecule has 2 saturated carbocycles. The van der Waals surface area contributed by atoms with Crippen LogP contribution in [0.4, 0.5) is 0 Å². The standard InChI is InChI=1S/C15H17ClO2.C6H13N/c16-14-7-5-11(6-8-14)9-12-3-1-2-4-13(12)10-15(17)18;7-6-4-2-1-3-5-6/h5-8,10,12H,1-4,9H2,(H,17,18);6H,1-5,7H2/b13-10+;. The number of rotatable bonds is 3. The molecule has 3 rings (SSSR count). The average Bonchev–Trinajstić information content (AvgIpc) is 2.59. The topological polar surface area (TPSA) is 63.3 Å². The number of carbonyl (C=O) groups is 1. The molecule has 2 fully saturated rings. The van der Waals surface area contributed by atoms with Gasteiger partial charge in [0.05, 0.1) is 0 Å². The second-order valence-corrected chi connectivity index (χ2v) is 7.67. The molecule has 2 aliphatic rings. The van der Waals surface area contributed by atoms with E-state index in [-0.39, 0.29) is 0 Å². The summed E-state index contributed by atoms with van der Waals surface area (Å²) in [5, 5.41) is 9.63. The zero-order valence-corrected chi connectivity index (χ0v) is 15.7. The maximum Gasteiger partial charge on any atom is 0.328 e. The Hall–Kier alpha value is -1.32. The summed E-state index contributed by atoms with van der Waals surface area (Å²) in [5.74, 6) is -0.455. The van der Waals surface area contributed by atoms with Gasteiger partial charge in [-0.2, -0.15) is 0 Å². The number of halogens is 1. The number of benzene rings is 1. The third-order valence-corrected chi connectivity index (χ3v) is 5.40. The first kappa shape index (κ1) is 20.0. The Morgan fingerprint density at radius 2 is 1.72 bits per heavy atom. The third-order valence-electron chi connectivity index (χ3n) is 5.15. The van der Waals surface area contributed by atoms with E-state index in [2.05, 4.69) is 0 Å². The summed E-state index contributed by atoms with van der Waals surface area (Å²) in [5.41, 5.74) is 7.95. The normalized spacial score (nSPS) is 23.0. The van der Waals surface area contributed by atoms with Gasteiger partial charge < -0.3 is 10.8 Å². The molecule has 1 aromatic rings. The van der Waals surface area contributed by atoms with E-state index in [4.69, 9.17) is 22.4 Å². The second kappa shape index (κ2) is 10.6. The lowest BCUT2D eigenvalue weighted by Gasteiger charge is -2.25. The predicted molar refractivity (Wildman–Crippen MR) is 104 cm³/mol. The van der Waals surface area contributed by atoms with Crippen LogP contribution in [0.5, 0.6) is 0 Å². The number of nitrogens with two attached hydrogens (primary N) is 1. The molecule has 0 spiro atoms. The van der Waals surface area contributed by atoms with Gasteiger partial charge in [0.2, 0.25) is 0 Å². The highest BCUT2D eigenvalue weighted by atomic mass is 35.5. The molecule has 0 radical (unpaired) electrons. The smallest absolute Gasteiger partial charge is 0.328 e. The molecule has 0 aromatic heterocycles. The first-order valence-electron chi connectivity index (χ1n) is 9.48.